The second-order valence-corrected chi connectivity index (χ2v) is 9.42. The number of carbonyl (C=O) groups excluding carboxylic acids is 1. The average molecular weight is 447 g/mol. The van der Waals surface area contributed by atoms with E-state index in [4.69, 9.17) is 14.6 Å². The van der Waals surface area contributed by atoms with Gasteiger partial charge in [-0.15, -0.1) is 0 Å². The van der Waals surface area contributed by atoms with Crippen LogP contribution in [-0.2, 0) is 16.0 Å². The number of rotatable bonds is 9. The third-order valence-electron chi connectivity index (χ3n) is 6.78. The molecule has 1 N–H and O–H groups in total. The van der Waals surface area contributed by atoms with Crippen LogP contribution in [-0.4, -0.2) is 73.2 Å². The van der Waals surface area contributed by atoms with E-state index in [1.54, 1.807) is 6.07 Å². The first-order valence-corrected chi connectivity index (χ1v) is 12.0. The highest BCUT2D eigenvalue weighted by atomic mass is 16.6. The zero-order chi connectivity index (χ0) is 22.9. The maximum atomic E-state index is 11.7. The van der Waals surface area contributed by atoms with Crippen LogP contribution in [0.1, 0.15) is 56.9 Å². The second-order valence-electron chi connectivity index (χ2n) is 9.42. The Morgan fingerprint density at radius 1 is 1.06 bits per heavy atom. The second kappa shape index (κ2) is 12.2. The van der Waals surface area contributed by atoms with Crippen LogP contribution < -0.4 is 9.47 Å². The van der Waals surface area contributed by atoms with Crippen LogP contribution in [0.4, 0.5) is 0 Å². The molecule has 178 valence electrons. The summed E-state index contributed by atoms with van der Waals surface area (Å²) >= 11 is 0. The Labute approximate surface area is 191 Å². The topological polar surface area (TPSA) is 79.3 Å². The van der Waals surface area contributed by atoms with Crippen molar-refractivity contribution in [3.8, 4) is 11.5 Å². The van der Waals surface area contributed by atoms with Crippen LogP contribution in [0.15, 0.2) is 18.2 Å². The molecule has 1 aliphatic carbocycles. The molecule has 32 heavy (non-hydrogen) atoms. The molecule has 1 aromatic carbocycles. The van der Waals surface area contributed by atoms with Crippen molar-refractivity contribution in [3.63, 3.8) is 0 Å². The van der Waals surface area contributed by atoms with Gasteiger partial charge in [0.15, 0.2) is 11.5 Å². The van der Waals surface area contributed by atoms with Crippen molar-refractivity contribution < 1.29 is 24.2 Å². The third-order valence-corrected chi connectivity index (χ3v) is 6.78. The fourth-order valence-corrected chi connectivity index (χ4v) is 4.87. The first-order chi connectivity index (χ1) is 15.4. The average Bonchev–Trinajstić information content (AvgIpc) is 2.79. The van der Waals surface area contributed by atoms with Gasteiger partial charge in [-0.2, -0.15) is 0 Å². The number of nitrogens with zero attached hydrogens (tertiary/aromatic N) is 2. The molecular formula is C25H38N2O5. The van der Waals surface area contributed by atoms with E-state index in [2.05, 4.69) is 23.9 Å². The minimum absolute atomic E-state index is 0.204. The van der Waals surface area contributed by atoms with Gasteiger partial charge in [0.25, 0.3) is 0 Å². The van der Waals surface area contributed by atoms with Gasteiger partial charge in [-0.1, -0.05) is 12.5 Å². The maximum absolute atomic E-state index is 11.7. The number of ether oxygens (including phenoxy) is 2. The fourth-order valence-electron chi connectivity index (χ4n) is 4.87. The van der Waals surface area contributed by atoms with E-state index in [0.29, 0.717) is 24.3 Å². The van der Waals surface area contributed by atoms with E-state index >= 15 is 0 Å². The molecule has 2 aliphatic rings. The number of carboxylic acids is 1. The Hall–Kier alpha value is -2.12. The van der Waals surface area contributed by atoms with Crippen LogP contribution >= 0.6 is 0 Å². The lowest BCUT2D eigenvalue weighted by Crippen LogP contribution is -2.32. The number of likely N-dealkylation sites (tertiary alicyclic amines) is 1. The van der Waals surface area contributed by atoms with Gasteiger partial charge < -0.3 is 24.4 Å². The van der Waals surface area contributed by atoms with Gasteiger partial charge in [0.2, 0.25) is 0 Å². The van der Waals surface area contributed by atoms with E-state index in [0.717, 1.165) is 38.0 Å². The molecule has 2 fully saturated rings. The lowest BCUT2D eigenvalue weighted by atomic mass is 9.82. The van der Waals surface area contributed by atoms with E-state index in [-0.39, 0.29) is 5.75 Å². The highest BCUT2D eigenvalue weighted by Crippen LogP contribution is 2.33. The molecule has 0 unspecified atom stereocenters. The summed E-state index contributed by atoms with van der Waals surface area (Å²) in [4.78, 5) is 27.5. The van der Waals surface area contributed by atoms with Crippen LogP contribution in [0.2, 0.25) is 0 Å². The predicted molar refractivity (Wildman–Crippen MR) is 123 cm³/mol. The fraction of sp³-hybridized carbons (Fsp3) is 0.680. The quantitative estimate of drug-likeness (QED) is 0.269. The molecule has 1 aliphatic heterocycles. The van der Waals surface area contributed by atoms with Crippen LogP contribution in [0.25, 0.3) is 0 Å². The largest absolute Gasteiger partial charge is 0.490 e. The standard InChI is InChI=1S/C25H38N2O5/c1-26(2)21-10-7-19(8-11-21)17-20-9-12-22(23(18-20)32-25(30)24(28)29)31-16-6-15-27-13-4-3-5-14-27/h9,12,18-19,21H,3-8,10-11,13-17H2,1-2H3,(H,28,29). The lowest BCUT2D eigenvalue weighted by molar-refractivity contribution is -0.158. The molecule has 0 amide bonds. The van der Waals surface area contributed by atoms with E-state index in [9.17, 15) is 9.59 Å². The van der Waals surface area contributed by atoms with Gasteiger partial charge in [-0.3, -0.25) is 0 Å². The first-order valence-electron chi connectivity index (χ1n) is 12.0. The van der Waals surface area contributed by atoms with Gasteiger partial charge in [-0.05, 0) is 102 Å². The molecule has 7 nitrogen and oxygen atoms in total. The van der Waals surface area contributed by atoms with Gasteiger partial charge in [0.05, 0.1) is 6.61 Å². The highest BCUT2D eigenvalue weighted by molar-refractivity contribution is 6.29. The predicted octanol–water partition coefficient (Wildman–Crippen LogP) is 3.59. The third kappa shape index (κ3) is 7.48. The molecule has 1 saturated carbocycles. The summed E-state index contributed by atoms with van der Waals surface area (Å²) in [6.07, 6.45) is 10.3. The summed E-state index contributed by atoms with van der Waals surface area (Å²) in [5, 5.41) is 8.97. The normalized spacial score (nSPS) is 22.0. The number of carbonyl (C=O) groups is 2. The van der Waals surface area contributed by atoms with E-state index in [1.165, 1.54) is 44.9 Å². The van der Waals surface area contributed by atoms with Gasteiger partial charge in [-0.25, -0.2) is 9.59 Å². The molecule has 1 heterocycles. The molecular weight excluding hydrogens is 408 g/mol. The number of esters is 1. The first kappa shape index (κ1) is 24.5. The zero-order valence-electron chi connectivity index (χ0n) is 19.6. The molecule has 1 aromatic rings. The molecule has 0 aromatic heterocycles. The van der Waals surface area contributed by atoms with Crippen molar-refractivity contribution in [1.82, 2.24) is 9.80 Å². The number of piperidine rings is 1. The van der Waals surface area contributed by atoms with Gasteiger partial charge in [0, 0.05) is 12.6 Å². The Kier molecular flexibility index (Phi) is 9.36. The number of aliphatic carboxylic acids is 1. The summed E-state index contributed by atoms with van der Waals surface area (Å²) in [6, 6.07) is 6.25. The molecule has 0 bridgehead atoms. The molecule has 0 atom stereocenters. The molecule has 1 saturated heterocycles. The van der Waals surface area contributed by atoms with Crippen molar-refractivity contribution in [2.75, 3.05) is 40.3 Å². The number of hydrogen-bond acceptors (Lipinski definition) is 6. The summed E-state index contributed by atoms with van der Waals surface area (Å²) in [6.45, 7) is 3.78. The van der Waals surface area contributed by atoms with Crippen LogP contribution in [0.3, 0.4) is 0 Å². The van der Waals surface area contributed by atoms with Gasteiger partial charge in [0.1, 0.15) is 0 Å². The SMILES string of the molecule is CN(C)C1CCC(Cc2ccc(OCCCN3CCCCC3)c(OC(=O)C(=O)O)c2)CC1. The molecule has 0 radical (unpaired) electrons. The Morgan fingerprint density at radius 2 is 1.78 bits per heavy atom. The summed E-state index contributed by atoms with van der Waals surface area (Å²) in [5.74, 6) is -1.67. The summed E-state index contributed by atoms with van der Waals surface area (Å²) < 4.78 is 11.0. The van der Waals surface area contributed by atoms with E-state index < -0.39 is 11.9 Å². The zero-order valence-corrected chi connectivity index (χ0v) is 19.6. The number of benzene rings is 1. The highest BCUT2D eigenvalue weighted by Gasteiger charge is 2.24. The summed E-state index contributed by atoms with van der Waals surface area (Å²) in [5.41, 5.74) is 1.05. The minimum Gasteiger partial charge on any atom is -0.490 e. The van der Waals surface area contributed by atoms with Crippen LogP contribution in [0.5, 0.6) is 11.5 Å². The summed E-state index contributed by atoms with van der Waals surface area (Å²) in [7, 11) is 4.28. The smallest absolute Gasteiger partial charge is 0.422 e. The van der Waals surface area contributed by atoms with Crippen LogP contribution in [0, 0.1) is 5.92 Å². The molecule has 0 spiro atoms. The van der Waals surface area contributed by atoms with Crippen molar-refractivity contribution in [2.45, 2.75) is 63.8 Å². The molecule has 7 heteroatoms. The monoisotopic (exact) mass is 446 g/mol. The minimum atomic E-state index is -1.60. The lowest BCUT2D eigenvalue weighted by Gasteiger charge is -2.32. The molecule has 3 rings (SSSR count). The maximum Gasteiger partial charge on any atom is 0.422 e. The van der Waals surface area contributed by atoms with Crippen molar-refractivity contribution in [1.29, 1.82) is 0 Å². The van der Waals surface area contributed by atoms with Gasteiger partial charge >= 0.3 is 11.9 Å². The Balaban J connectivity index is 1.57. The number of hydrogen-bond donors (Lipinski definition) is 1. The Bertz CT molecular complexity index is 753. The van der Waals surface area contributed by atoms with Crippen molar-refractivity contribution in [2.24, 2.45) is 5.92 Å². The van der Waals surface area contributed by atoms with E-state index in [1.807, 2.05) is 12.1 Å². The Morgan fingerprint density at radius 3 is 2.44 bits per heavy atom. The number of carboxylic acid groups (broad SMARTS) is 1. The van der Waals surface area contributed by atoms with Crippen molar-refractivity contribution in [3.05, 3.63) is 23.8 Å². The van der Waals surface area contributed by atoms with Crippen molar-refractivity contribution >= 4 is 11.9 Å².